The molecule has 0 bridgehead atoms. The van der Waals surface area contributed by atoms with Crippen molar-refractivity contribution in [2.45, 2.75) is 52.0 Å². The predicted molar refractivity (Wildman–Crippen MR) is 100 cm³/mol. The third-order valence-electron chi connectivity index (χ3n) is 4.88. The van der Waals surface area contributed by atoms with Crippen LogP contribution in [-0.2, 0) is 6.42 Å². The maximum atomic E-state index is 12.7. The summed E-state index contributed by atoms with van der Waals surface area (Å²) in [5.41, 5.74) is 2.68. The first kappa shape index (κ1) is 17.4. The number of benzene rings is 1. The summed E-state index contributed by atoms with van der Waals surface area (Å²) in [5.74, 6) is 0.643. The third-order valence-corrected chi connectivity index (χ3v) is 4.88. The van der Waals surface area contributed by atoms with Crippen molar-refractivity contribution in [3.05, 3.63) is 47.7 Å². The number of likely N-dealkylation sites (tertiary alicyclic amines) is 1. The van der Waals surface area contributed by atoms with Crippen LogP contribution < -0.4 is 5.32 Å². The maximum absolute atomic E-state index is 12.7. The van der Waals surface area contributed by atoms with Crippen LogP contribution in [0.5, 0.6) is 0 Å². The first-order chi connectivity index (χ1) is 12.2. The number of carbonyl (C=O) groups excluding carboxylic acids is 1. The Bertz CT molecular complexity index is 697. The molecule has 0 saturated carbocycles. The number of nitrogens with one attached hydrogen (secondary N) is 1. The fourth-order valence-corrected chi connectivity index (χ4v) is 3.32. The highest BCUT2D eigenvalue weighted by Crippen LogP contribution is 2.21. The van der Waals surface area contributed by atoms with E-state index >= 15 is 0 Å². The van der Waals surface area contributed by atoms with E-state index in [1.807, 2.05) is 23.1 Å². The topological polar surface area (TPSA) is 58.1 Å². The van der Waals surface area contributed by atoms with E-state index in [1.54, 1.807) is 6.07 Å². The van der Waals surface area contributed by atoms with E-state index in [0.29, 0.717) is 17.6 Å². The van der Waals surface area contributed by atoms with Gasteiger partial charge in [0, 0.05) is 18.3 Å². The van der Waals surface area contributed by atoms with Gasteiger partial charge in [-0.25, -0.2) is 0 Å². The molecule has 1 aromatic carbocycles. The molecular formula is C20H26N4O. The number of aromatic nitrogens is 2. The monoisotopic (exact) mass is 338 g/mol. The van der Waals surface area contributed by atoms with Crippen LogP contribution in [0.1, 0.15) is 55.6 Å². The van der Waals surface area contributed by atoms with Gasteiger partial charge < -0.3 is 10.2 Å². The summed E-state index contributed by atoms with van der Waals surface area (Å²) in [5, 5.41) is 11.5. The lowest BCUT2D eigenvalue weighted by Gasteiger charge is -2.34. The molecule has 1 atom stereocenters. The molecule has 0 radical (unpaired) electrons. The van der Waals surface area contributed by atoms with Crippen molar-refractivity contribution in [3.8, 4) is 0 Å². The predicted octanol–water partition coefficient (Wildman–Crippen LogP) is 4.19. The summed E-state index contributed by atoms with van der Waals surface area (Å²) in [6.45, 7) is 5.09. The van der Waals surface area contributed by atoms with Crippen molar-refractivity contribution < 1.29 is 4.79 Å². The summed E-state index contributed by atoms with van der Waals surface area (Å²) >= 11 is 0. The smallest absolute Gasteiger partial charge is 0.274 e. The molecule has 132 valence electrons. The average Bonchev–Trinajstić information content (AvgIpc) is 2.68. The van der Waals surface area contributed by atoms with Gasteiger partial charge in [0.05, 0.1) is 0 Å². The SMILES string of the molecule is CCc1ccc(Nc2ccc(C(=O)N3CCCCC3CC)nn2)cc1. The van der Waals surface area contributed by atoms with Gasteiger partial charge >= 0.3 is 0 Å². The Morgan fingerprint density at radius 3 is 2.56 bits per heavy atom. The minimum Gasteiger partial charge on any atom is -0.339 e. The number of piperidine rings is 1. The zero-order valence-electron chi connectivity index (χ0n) is 15.0. The van der Waals surface area contributed by atoms with E-state index in [4.69, 9.17) is 0 Å². The first-order valence-corrected chi connectivity index (χ1v) is 9.22. The van der Waals surface area contributed by atoms with Gasteiger partial charge in [-0.05, 0) is 61.9 Å². The summed E-state index contributed by atoms with van der Waals surface area (Å²) in [7, 11) is 0. The van der Waals surface area contributed by atoms with Crippen molar-refractivity contribution in [2.75, 3.05) is 11.9 Å². The quantitative estimate of drug-likeness (QED) is 0.888. The van der Waals surface area contributed by atoms with Crippen molar-refractivity contribution in [1.29, 1.82) is 0 Å². The molecule has 0 spiro atoms. The Morgan fingerprint density at radius 1 is 1.12 bits per heavy atom. The largest absolute Gasteiger partial charge is 0.339 e. The van der Waals surface area contributed by atoms with E-state index in [2.05, 4.69) is 41.5 Å². The minimum atomic E-state index is -0.00195. The molecule has 5 heteroatoms. The number of anilines is 2. The molecule has 1 saturated heterocycles. The van der Waals surface area contributed by atoms with E-state index in [1.165, 1.54) is 12.0 Å². The lowest BCUT2D eigenvalue weighted by molar-refractivity contribution is 0.0601. The Hall–Kier alpha value is -2.43. The van der Waals surface area contributed by atoms with Gasteiger partial charge in [0.1, 0.15) is 0 Å². The first-order valence-electron chi connectivity index (χ1n) is 9.22. The second-order valence-corrected chi connectivity index (χ2v) is 6.54. The van der Waals surface area contributed by atoms with Gasteiger partial charge in [-0.1, -0.05) is 26.0 Å². The van der Waals surface area contributed by atoms with Crippen LogP contribution in [-0.4, -0.2) is 33.6 Å². The summed E-state index contributed by atoms with van der Waals surface area (Å²) in [6, 6.07) is 12.2. The lowest BCUT2D eigenvalue weighted by atomic mass is 9.99. The Morgan fingerprint density at radius 2 is 1.92 bits per heavy atom. The third kappa shape index (κ3) is 4.16. The molecular weight excluding hydrogens is 312 g/mol. The van der Waals surface area contributed by atoms with E-state index in [9.17, 15) is 4.79 Å². The fourth-order valence-electron chi connectivity index (χ4n) is 3.32. The number of hydrogen-bond donors (Lipinski definition) is 1. The molecule has 25 heavy (non-hydrogen) atoms. The zero-order chi connectivity index (χ0) is 17.6. The highest BCUT2D eigenvalue weighted by molar-refractivity contribution is 5.92. The van der Waals surface area contributed by atoms with Crippen LogP contribution >= 0.6 is 0 Å². The van der Waals surface area contributed by atoms with Gasteiger partial charge in [-0.15, -0.1) is 10.2 Å². The highest BCUT2D eigenvalue weighted by atomic mass is 16.2. The Kier molecular flexibility index (Phi) is 5.64. The van der Waals surface area contributed by atoms with Crippen LogP contribution in [0.15, 0.2) is 36.4 Å². The van der Waals surface area contributed by atoms with Crippen LogP contribution in [0.3, 0.4) is 0 Å². The molecule has 0 aliphatic carbocycles. The number of rotatable bonds is 5. The number of carbonyl (C=O) groups is 1. The van der Waals surface area contributed by atoms with Crippen molar-refractivity contribution in [1.82, 2.24) is 15.1 Å². The Balaban J connectivity index is 1.67. The molecule has 5 nitrogen and oxygen atoms in total. The summed E-state index contributed by atoms with van der Waals surface area (Å²) in [6.07, 6.45) is 5.37. The van der Waals surface area contributed by atoms with Crippen LogP contribution in [0.2, 0.25) is 0 Å². The molecule has 1 N–H and O–H groups in total. The van der Waals surface area contributed by atoms with Gasteiger partial charge in [0.25, 0.3) is 5.91 Å². The molecule has 2 heterocycles. The normalized spacial score (nSPS) is 17.4. The second-order valence-electron chi connectivity index (χ2n) is 6.54. The number of amides is 1. The molecule has 1 aromatic heterocycles. The number of aryl methyl sites for hydroxylation is 1. The van der Waals surface area contributed by atoms with Crippen LogP contribution in [0.25, 0.3) is 0 Å². The standard InChI is InChI=1S/C20H26N4O/c1-3-15-8-10-16(11-9-15)21-19-13-12-18(22-23-19)20(25)24-14-6-5-7-17(24)4-2/h8-13,17H,3-7,14H2,1-2H3,(H,21,23). The minimum absolute atomic E-state index is 0.00195. The summed E-state index contributed by atoms with van der Waals surface area (Å²) < 4.78 is 0. The van der Waals surface area contributed by atoms with Crippen LogP contribution in [0.4, 0.5) is 11.5 Å². The van der Waals surface area contributed by atoms with Crippen molar-refractivity contribution >= 4 is 17.4 Å². The van der Waals surface area contributed by atoms with E-state index in [-0.39, 0.29) is 5.91 Å². The molecule has 1 aliphatic rings. The maximum Gasteiger partial charge on any atom is 0.274 e. The average molecular weight is 338 g/mol. The van der Waals surface area contributed by atoms with Gasteiger partial charge in [-0.3, -0.25) is 4.79 Å². The highest BCUT2D eigenvalue weighted by Gasteiger charge is 2.27. The molecule has 1 aliphatic heterocycles. The molecule has 1 fully saturated rings. The van der Waals surface area contributed by atoms with Gasteiger partial charge in [0.2, 0.25) is 0 Å². The van der Waals surface area contributed by atoms with Crippen molar-refractivity contribution in [2.24, 2.45) is 0 Å². The fraction of sp³-hybridized carbons (Fsp3) is 0.450. The zero-order valence-corrected chi connectivity index (χ0v) is 15.0. The van der Waals surface area contributed by atoms with Gasteiger partial charge in [-0.2, -0.15) is 0 Å². The lowest BCUT2D eigenvalue weighted by Crippen LogP contribution is -2.43. The summed E-state index contributed by atoms with van der Waals surface area (Å²) in [4.78, 5) is 14.7. The molecule has 1 unspecified atom stereocenters. The van der Waals surface area contributed by atoms with Crippen LogP contribution in [0, 0.1) is 0 Å². The molecule has 1 amide bonds. The van der Waals surface area contributed by atoms with Gasteiger partial charge in [0.15, 0.2) is 11.5 Å². The van der Waals surface area contributed by atoms with Crippen molar-refractivity contribution in [3.63, 3.8) is 0 Å². The Labute approximate surface area is 149 Å². The van der Waals surface area contributed by atoms with E-state index < -0.39 is 0 Å². The number of nitrogens with zero attached hydrogens (tertiary/aromatic N) is 3. The molecule has 2 aromatic rings. The van der Waals surface area contributed by atoms with E-state index in [0.717, 1.165) is 37.9 Å². The number of hydrogen-bond acceptors (Lipinski definition) is 4. The molecule has 3 rings (SSSR count). The second kappa shape index (κ2) is 8.10.